The summed E-state index contributed by atoms with van der Waals surface area (Å²) in [7, 11) is 0. The highest BCUT2D eigenvalue weighted by molar-refractivity contribution is 5.92. The number of allylic oxidation sites excluding steroid dienone is 1. The summed E-state index contributed by atoms with van der Waals surface area (Å²) in [6, 6.07) is 0. The number of hydrogen-bond donors (Lipinski definition) is 2. The van der Waals surface area contributed by atoms with Crippen LogP contribution >= 0.6 is 0 Å². The number of fused-ring (bicyclic) bond motifs is 1. The molecular formula is C20H26O6. The third-order valence-electron chi connectivity index (χ3n) is 4.83. The van der Waals surface area contributed by atoms with Gasteiger partial charge < -0.3 is 19.7 Å². The fourth-order valence-corrected chi connectivity index (χ4v) is 3.20. The Labute approximate surface area is 153 Å². The second kappa shape index (κ2) is 8.01. The number of rotatable bonds is 2. The lowest BCUT2D eigenvalue weighted by molar-refractivity contribution is -0.153. The normalized spacial score (nSPS) is 37.0. The average Bonchev–Trinajstić information content (AvgIpc) is 2.83. The molecule has 0 spiro atoms. The second-order valence-electron chi connectivity index (χ2n) is 6.90. The van der Waals surface area contributed by atoms with Crippen molar-refractivity contribution in [2.24, 2.45) is 5.92 Å². The first-order chi connectivity index (χ1) is 12.1. The van der Waals surface area contributed by atoms with E-state index in [4.69, 9.17) is 9.47 Å². The Hall–Kier alpha value is -2.18. The van der Waals surface area contributed by atoms with E-state index in [1.807, 2.05) is 6.92 Å². The number of carbonyl (C=O) groups is 2. The summed E-state index contributed by atoms with van der Waals surface area (Å²) in [5, 5.41) is 21.0. The molecule has 6 nitrogen and oxygen atoms in total. The van der Waals surface area contributed by atoms with E-state index < -0.39 is 42.3 Å². The Morgan fingerprint density at radius 2 is 2.00 bits per heavy atom. The van der Waals surface area contributed by atoms with Crippen LogP contribution in [-0.2, 0) is 19.1 Å². The molecule has 0 saturated carbocycles. The average molecular weight is 362 g/mol. The number of ether oxygens (including phenoxy) is 2. The van der Waals surface area contributed by atoms with E-state index in [9.17, 15) is 19.8 Å². The predicted molar refractivity (Wildman–Crippen MR) is 96.0 cm³/mol. The molecule has 2 N–H and O–H groups in total. The standard InChI is InChI=1S/C20H26O6/c1-6-11(3)19(23)26-18-16-13(5)20(24)25-15(16)8-10(2)7-14(21)9-12(4)17(18)22/h6,8-9,14-18,21-22H,5,7H2,1-4H3/b10-8-,11-6-,12-9-/t14-,15-,16+,17-,18-/m1/s1. The van der Waals surface area contributed by atoms with Crippen molar-refractivity contribution in [2.75, 3.05) is 0 Å². The topological polar surface area (TPSA) is 93.1 Å². The van der Waals surface area contributed by atoms with Crippen molar-refractivity contribution >= 4 is 11.9 Å². The highest BCUT2D eigenvalue weighted by Gasteiger charge is 2.47. The molecular weight excluding hydrogens is 336 g/mol. The zero-order chi connectivity index (χ0) is 19.6. The van der Waals surface area contributed by atoms with Crippen LogP contribution in [0, 0.1) is 5.92 Å². The van der Waals surface area contributed by atoms with Crippen molar-refractivity contribution in [1.29, 1.82) is 0 Å². The van der Waals surface area contributed by atoms with Gasteiger partial charge in [0.2, 0.25) is 0 Å². The first-order valence-corrected chi connectivity index (χ1v) is 8.61. The molecule has 0 aromatic heterocycles. The largest absolute Gasteiger partial charge is 0.455 e. The Balaban J connectivity index is 2.51. The van der Waals surface area contributed by atoms with Crippen molar-refractivity contribution < 1.29 is 29.3 Å². The van der Waals surface area contributed by atoms with Gasteiger partial charge in [-0.2, -0.15) is 0 Å². The molecule has 0 aromatic carbocycles. The molecule has 1 fully saturated rings. The van der Waals surface area contributed by atoms with Gasteiger partial charge in [0, 0.05) is 11.1 Å². The molecule has 0 amide bonds. The van der Waals surface area contributed by atoms with Crippen molar-refractivity contribution in [3.8, 4) is 0 Å². The fraction of sp³-hybridized carbons (Fsp3) is 0.500. The minimum absolute atomic E-state index is 0.156. The van der Waals surface area contributed by atoms with Crippen LogP contribution in [0.5, 0.6) is 0 Å². The summed E-state index contributed by atoms with van der Waals surface area (Å²) in [6.07, 6.45) is 1.42. The molecule has 6 heteroatoms. The van der Waals surface area contributed by atoms with Gasteiger partial charge >= 0.3 is 11.9 Å². The first kappa shape index (κ1) is 20.1. The van der Waals surface area contributed by atoms with Crippen LogP contribution in [-0.4, -0.2) is 46.6 Å². The Morgan fingerprint density at radius 3 is 2.62 bits per heavy atom. The number of esters is 2. The van der Waals surface area contributed by atoms with Crippen LogP contribution in [0.1, 0.15) is 34.1 Å². The molecule has 0 radical (unpaired) electrons. The van der Waals surface area contributed by atoms with Gasteiger partial charge in [-0.1, -0.05) is 24.3 Å². The maximum absolute atomic E-state index is 12.3. The molecule has 0 unspecified atom stereocenters. The van der Waals surface area contributed by atoms with Gasteiger partial charge in [0.25, 0.3) is 0 Å². The van der Waals surface area contributed by atoms with Gasteiger partial charge in [-0.05, 0) is 45.8 Å². The Kier molecular flexibility index (Phi) is 6.21. The smallest absolute Gasteiger partial charge is 0.334 e. The second-order valence-corrected chi connectivity index (χ2v) is 6.90. The lowest BCUT2D eigenvalue weighted by atomic mass is 9.83. The lowest BCUT2D eigenvalue weighted by Gasteiger charge is -2.31. The van der Waals surface area contributed by atoms with Crippen molar-refractivity contribution in [3.05, 3.63) is 47.1 Å². The van der Waals surface area contributed by atoms with Crippen LogP contribution in [0.15, 0.2) is 47.1 Å². The minimum Gasteiger partial charge on any atom is -0.455 e. The molecule has 0 bridgehead atoms. The van der Waals surface area contributed by atoms with Crippen LogP contribution in [0.25, 0.3) is 0 Å². The van der Waals surface area contributed by atoms with Crippen LogP contribution in [0.3, 0.4) is 0 Å². The van der Waals surface area contributed by atoms with E-state index in [0.29, 0.717) is 17.6 Å². The van der Waals surface area contributed by atoms with Crippen LogP contribution in [0.2, 0.25) is 0 Å². The summed E-state index contributed by atoms with van der Waals surface area (Å²) in [5.74, 6) is -1.88. The highest BCUT2D eigenvalue weighted by Crippen LogP contribution is 2.36. The van der Waals surface area contributed by atoms with E-state index in [2.05, 4.69) is 6.58 Å². The Bertz CT molecular complexity index is 699. The summed E-state index contributed by atoms with van der Waals surface area (Å²) in [4.78, 5) is 24.4. The van der Waals surface area contributed by atoms with Crippen molar-refractivity contribution in [2.45, 2.75) is 58.5 Å². The molecule has 2 aliphatic rings. The zero-order valence-electron chi connectivity index (χ0n) is 15.6. The first-order valence-electron chi connectivity index (χ1n) is 8.61. The van der Waals surface area contributed by atoms with E-state index in [-0.39, 0.29) is 5.57 Å². The number of aliphatic hydroxyl groups is 2. The maximum Gasteiger partial charge on any atom is 0.334 e. The van der Waals surface area contributed by atoms with E-state index in [0.717, 1.165) is 5.57 Å². The fourth-order valence-electron chi connectivity index (χ4n) is 3.20. The monoisotopic (exact) mass is 362 g/mol. The van der Waals surface area contributed by atoms with Crippen LogP contribution < -0.4 is 0 Å². The van der Waals surface area contributed by atoms with E-state index in [1.165, 1.54) is 6.08 Å². The molecule has 0 aromatic rings. The van der Waals surface area contributed by atoms with Gasteiger partial charge in [-0.15, -0.1) is 0 Å². The molecule has 5 atom stereocenters. The SMILES string of the molecule is C=C1C(=O)O[C@@H]2/C=C(/C)C[C@@H](O)/C=C(/C)[C@@H](O)[C@H](OC(=O)/C(C)=C\C)[C@@H]12. The van der Waals surface area contributed by atoms with Crippen molar-refractivity contribution in [1.82, 2.24) is 0 Å². The molecule has 26 heavy (non-hydrogen) atoms. The van der Waals surface area contributed by atoms with E-state index in [1.54, 1.807) is 32.9 Å². The summed E-state index contributed by atoms with van der Waals surface area (Å²) >= 11 is 0. The minimum atomic E-state index is -1.20. The predicted octanol–water partition coefficient (Wildman–Crippen LogP) is 1.98. The summed E-state index contributed by atoms with van der Waals surface area (Å²) < 4.78 is 10.9. The zero-order valence-corrected chi connectivity index (χ0v) is 15.6. The molecule has 1 heterocycles. The van der Waals surface area contributed by atoms with Crippen molar-refractivity contribution in [3.63, 3.8) is 0 Å². The molecule has 1 aliphatic carbocycles. The Morgan fingerprint density at radius 1 is 1.35 bits per heavy atom. The summed E-state index contributed by atoms with van der Waals surface area (Å²) in [5.41, 5.74) is 1.82. The van der Waals surface area contributed by atoms with Gasteiger partial charge in [0.1, 0.15) is 18.3 Å². The third kappa shape index (κ3) is 4.14. The molecule has 2 rings (SSSR count). The van der Waals surface area contributed by atoms with Gasteiger partial charge in [0.15, 0.2) is 0 Å². The van der Waals surface area contributed by atoms with E-state index >= 15 is 0 Å². The molecule has 142 valence electrons. The quantitative estimate of drug-likeness (QED) is 0.443. The summed E-state index contributed by atoms with van der Waals surface area (Å²) in [6.45, 7) is 10.6. The van der Waals surface area contributed by atoms with Gasteiger partial charge in [-0.3, -0.25) is 0 Å². The lowest BCUT2D eigenvalue weighted by Crippen LogP contribution is -2.43. The van der Waals surface area contributed by atoms with Gasteiger partial charge in [0.05, 0.1) is 12.0 Å². The molecule has 1 aliphatic heterocycles. The number of aliphatic hydroxyl groups excluding tert-OH is 2. The maximum atomic E-state index is 12.3. The number of hydrogen-bond acceptors (Lipinski definition) is 6. The molecule has 1 saturated heterocycles. The highest BCUT2D eigenvalue weighted by atomic mass is 16.6. The van der Waals surface area contributed by atoms with Gasteiger partial charge in [-0.25, -0.2) is 9.59 Å². The van der Waals surface area contributed by atoms with Crippen LogP contribution in [0.4, 0.5) is 0 Å². The third-order valence-corrected chi connectivity index (χ3v) is 4.83. The number of carbonyl (C=O) groups excluding carboxylic acids is 2.